The first-order chi connectivity index (χ1) is 19.4. The van der Waals surface area contributed by atoms with Gasteiger partial charge in [0.15, 0.2) is 6.61 Å². The van der Waals surface area contributed by atoms with Crippen LogP contribution in [0.15, 0.2) is 81.5 Å². The first-order valence-corrected chi connectivity index (χ1v) is 14.1. The van der Waals surface area contributed by atoms with Crippen LogP contribution in [-0.2, 0) is 17.9 Å². The number of amides is 1. The average Bonchev–Trinajstić information content (AvgIpc) is 3.50. The lowest BCUT2D eigenvalue weighted by molar-refractivity contribution is -0.118. The second-order valence-corrected chi connectivity index (χ2v) is 10.8. The number of hydrogen-bond acceptors (Lipinski definition) is 7. The van der Waals surface area contributed by atoms with E-state index in [9.17, 15) is 4.79 Å². The van der Waals surface area contributed by atoms with Crippen LogP contribution in [0.2, 0.25) is 10.0 Å². The number of nitrogens with zero attached hydrogens (tertiary/aromatic N) is 4. The predicted molar refractivity (Wildman–Crippen MR) is 159 cm³/mol. The van der Waals surface area contributed by atoms with Crippen LogP contribution in [0.25, 0.3) is 10.9 Å². The molecule has 5 rings (SSSR count). The third-order valence-electron chi connectivity index (χ3n) is 6.11. The highest BCUT2D eigenvalue weighted by Gasteiger charge is 2.14. The third kappa shape index (κ3) is 6.67. The molecule has 8 nitrogen and oxygen atoms in total. The van der Waals surface area contributed by atoms with Gasteiger partial charge in [0.2, 0.25) is 0 Å². The molecule has 2 heterocycles. The van der Waals surface area contributed by atoms with Gasteiger partial charge < -0.3 is 13.7 Å². The highest BCUT2D eigenvalue weighted by atomic mass is 35.5. The molecule has 0 unspecified atom stereocenters. The van der Waals surface area contributed by atoms with Crippen LogP contribution in [0.3, 0.4) is 0 Å². The lowest BCUT2D eigenvalue weighted by Crippen LogP contribution is -2.19. The molecular weight excluding hydrogens is 569 g/mol. The molecule has 1 N–H and O–H groups in total. The molecule has 0 atom stereocenters. The highest BCUT2D eigenvalue weighted by molar-refractivity contribution is 7.99. The van der Waals surface area contributed by atoms with Crippen molar-refractivity contribution in [3.63, 3.8) is 0 Å². The van der Waals surface area contributed by atoms with Gasteiger partial charge in [-0.2, -0.15) is 5.10 Å². The lowest BCUT2D eigenvalue weighted by Gasteiger charge is -2.09. The summed E-state index contributed by atoms with van der Waals surface area (Å²) < 4.78 is 13.4. The van der Waals surface area contributed by atoms with E-state index < -0.39 is 0 Å². The Balaban J connectivity index is 1.17. The number of para-hydroxylation sites is 1. The molecule has 1 amide bonds. The van der Waals surface area contributed by atoms with E-state index in [4.69, 9.17) is 32.4 Å². The number of hydrazone groups is 1. The molecule has 0 saturated heterocycles. The molecule has 11 heteroatoms. The fraction of sp³-hybridized carbons (Fsp3) is 0.172. The van der Waals surface area contributed by atoms with Gasteiger partial charge in [-0.25, -0.2) is 5.43 Å². The molecule has 2 aromatic heterocycles. The van der Waals surface area contributed by atoms with E-state index in [1.807, 2.05) is 12.1 Å². The summed E-state index contributed by atoms with van der Waals surface area (Å²) in [4.78, 5) is 12.4. The molecule has 0 bridgehead atoms. The maximum Gasteiger partial charge on any atom is 0.277 e. The summed E-state index contributed by atoms with van der Waals surface area (Å²) in [5.41, 5.74) is 8.17. The van der Waals surface area contributed by atoms with Crippen molar-refractivity contribution in [3.8, 4) is 5.75 Å². The van der Waals surface area contributed by atoms with Crippen LogP contribution in [0, 0.1) is 13.8 Å². The van der Waals surface area contributed by atoms with Crippen LogP contribution < -0.4 is 10.2 Å². The number of benzene rings is 3. The van der Waals surface area contributed by atoms with E-state index in [2.05, 4.69) is 75.5 Å². The Morgan fingerprint density at radius 3 is 2.77 bits per heavy atom. The van der Waals surface area contributed by atoms with E-state index in [0.717, 1.165) is 40.5 Å². The number of fused-ring (bicyclic) bond motifs is 1. The Hall–Kier alpha value is -3.79. The summed E-state index contributed by atoms with van der Waals surface area (Å²) in [6.45, 7) is 4.93. The number of halogens is 2. The Morgan fingerprint density at radius 1 is 1.10 bits per heavy atom. The van der Waals surface area contributed by atoms with Crippen molar-refractivity contribution in [2.75, 3.05) is 5.75 Å². The van der Waals surface area contributed by atoms with Gasteiger partial charge in [-0.15, -0.1) is 10.2 Å². The maximum atomic E-state index is 12.4. The summed E-state index contributed by atoms with van der Waals surface area (Å²) in [5, 5.41) is 14.3. The fourth-order valence-corrected chi connectivity index (χ4v) is 5.27. The molecule has 204 valence electrons. The topological polar surface area (TPSA) is 94.5 Å². The van der Waals surface area contributed by atoms with Gasteiger partial charge in [0.25, 0.3) is 17.0 Å². The zero-order chi connectivity index (χ0) is 28.1. The summed E-state index contributed by atoms with van der Waals surface area (Å²) in [6, 6.07) is 21.6. The largest absolute Gasteiger partial charge is 0.482 e. The van der Waals surface area contributed by atoms with Crippen molar-refractivity contribution in [2.24, 2.45) is 5.10 Å². The van der Waals surface area contributed by atoms with E-state index >= 15 is 0 Å². The number of nitrogens with one attached hydrogen (secondary N) is 1. The van der Waals surface area contributed by atoms with E-state index in [1.165, 1.54) is 11.1 Å². The Labute approximate surface area is 245 Å². The summed E-state index contributed by atoms with van der Waals surface area (Å²) in [7, 11) is 0. The summed E-state index contributed by atoms with van der Waals surface area (Å²) >= 11 is 13.1. The second-order valence-electron chi connectivity index (χ2n) is 9.00. The quantitative estimate of drug-likeness (QED) is 0.108. The zero-order valence-electron chi connectivity index (χ0n) is 21.7. The van der Waals surface area contributed by atoms with Gasteiger partial charge in [-0.05, 0) is 43.7 Å². The molecular formula is C29H25Cl2N5O3S. The van der Waals surface area contributed by atoms with Crippen molar-refractivity contribution >= 4 is 58.0 Å². The summed E-state index contributed by atoms with van der Waals surface area (Å²) in [6.07, 6.45) is 1.69. The second kappa shape index (κ2) is 12.6. The molecule has 0 aliphatic carbocycles. The molecule has 0 aliphatic heterocycles. The normalized spacial score (nSPS) is 11.4. The number of ether oxygens (including phenoxy) is 1. The standard InChI is InChI=1S/C29H25Cl2N5O3S/c1-18-6-5-7-20(12-18)15-36-19(2)23(22-8-3-4-9-25(22)36)14-32-33-27(37)17-40-29-35-34-28(39-29)16-38-26-11-10-21(30)13-24(26)31/h3-14H,15-17H2,1-2H3,(H,33,37)/b32-14-. The van der Waals surface area contributed by atoms with Crippen molar-refractivity contribution in [1.29, 1.82) is 0 Å². The average molecular weight is 595 g/mol. The first-order valence-electron chi connectivity index (χ1n) is 12.4. The fourth-order valence-electron chi connectivity index (χ4n) is 4.23. The Morgan fingerprint density at radius 2 is 1.95 bits per heavy atom. The molecule has 3 aromatic carbocycles. The smallest absolute Gasteiger partial charge is 0.277 e. The molecule has 0 spiro atoms. The van der Waals surface area contributed by atoms with E-state index in [-0.39, 0.29) is 29.4 Å². The highest BCUT2D eigenvalue weighted by Crippen LogP contribution is 2.29. The molecule has 0 fully saturated rings. The minimum Gasteiger partial charge on any atom is -0.482 e. The number of aromatic nitrogens is 3. The number of rotatable bonds is 10. The molecule has 5 aromatic rings. The number of thioether (sulfide) groups is 1. The molecule has 0 saturated carbocycles. The SMILES string of the molecule is Cc1cccc(Cn2c(C)c(/C=N\NC(=O)CSc3nnc(COc4ccc(Cl)cc4Cl)o3)c3ccccc32)c1. The van der Waals surface area contributed by atoms with Gasteiger partial charge in [-0.1, -0.05) is 83.0 Å². The van der Waals surface area contributed by atoms with Gasteiger partial charge in [0, 0.05) is 33.7 Å². The number of carbonyl (C=O) groups is 1. The Kier molecular flexibility index (Phi) is 8.74. The minimum absolute atomic E-state index is 0.0300. The van der Waals surface area contributed by atoms with Crippen LogP contribution in [0.5, 0.6) is 5.75 Å². The van der Waals surface area contributed by atoms with Crippen molar-refractivity contribution in [3.05, 3.63) is 105 Å². The number of hydrogen-bond donors (Lipinski definition) is 1. The maximum absolute atomic E-state index is 12.4. The van der Waals surface area contributed by atoms with Crippen LogP contribution in [0.1, 0.15) is 28.3 Å². The first kappa shape index (κ1) is 27.8. The van der Waals surface area contributed by atoms with Gasteiger partial charge >= 0.3 is 0 Å². The Bertz CT molecular complexity index is 1700. The van der Waals surface area contributed by atoms with Crippen molar-refractivity contribution in [2.45, 2.75) is 32.2 Å². The zero-order valence-corrected chi connectivity index (χ0v) is 24.1. The van der Waals surface area contributed by atoms with E-state index in [0.29, 0.717) is 15.8 Å². The van der Waals surface area contributed by atoms with Gasteiger partial charge in [0.05, 0.1) is 17.0 Å². The molecule has 0 aliphatic rings. The summed E-state index contributed by atoms with van der Waals surface area (Å²) in [5.74, 6) is 0.455. The number of aryl methyl sites for hydroxylation is 1. The monoisotopic (exact) mass is 593 g/mol. The molecule has 40 heavy (non-hydrogen) atoms. The third-order valence-corrected chi connectivity index (χ3v) is 7.45. The van der Waals surface area contributed by atoms with Crippen LogP contribution in [-0.4, -0.2) is 32.6 Å². The predicted octanol–water partition coefficient (Wildman–Crippen LogP) is 6.82. The van der Waals surface area contributed by atoms with Crippen molar-refractivity contribution < 1.29 is 13.9 Å². The van der Waals surface area contributed by atoms with Crippen molar-refractivity contribution in [1.82, 2.24) is 20.2 Å². The molecule has 0 radical (unpaired) electrons. The lowest BCUT2D eigenvalue weighted by atomic mass is 10.1. The van der Waals surface area contributed by atoms with E-state index in [1.54, 1.807) is 24.4 Å². The minimum atomic E-state index is -0.300. The van der Waals surface area contributed by atoms with Gasteiger partial charge in [0.1, 0.15) is 5.75 Å². The van der Waals surface area contributed by atoms with Crippen LogP contribution >= 0.6 is 35.0 Å². The van der Waals surface area contributed by atoms with Crippen LogP contribution in [0.4, 0.5) is 0 Å². The number of carbonyl (C=O) groups excluding carboxylic acids is 1. The van der Waals surface area contributed by atoms with Gasteiger partial charge in [-0.3, -0.25) is 4.79 Å².